The molecule has 1 nitrogen and oxygen atoms in total. The summed E-state index contributed by atoms with van der Waals surface area (Å²) >= 11 is 1.85. The smallest absolute Gasteiger partial charge is 0.0359 e. The van der Waals surface area contributed by atoms with Gasteiger partial charge in [0.05, 0.1) is 0 Å². The molecule has 0 spiro atoms. The van der Waals surface area contributed by atoms with Crippen molar-refractivity contribution in [2.24, 2.45) is 11.8 Å². The van der Waals surface area contributed by atoms with Crippen LogP contribution in [0.3, 0.4) is 0 Å². The predicted molar refractivity (Wildman–Crippen MR) is 58.1 cm³/mol. The lowest BCUT2D eigenvalue weighted by Gasteiger charge is -2.15. The second-order valence-corrected chi connectivity index (χ2v) is 5.20. The lowest BCUT2D eigenvalue weighted by molar-refractivity contribution is 0.503. The number of hydrogen-bond acceptors (Lipinski definition) is 2. The van der Waals surface area contributed by atoms with Gasteiger partial charge < -0.3 is 5.32 Å². The summed E-state index contributed by atoms with van der Waals surface area (Å²) in [4.78, 5) is 1.47. The first-order valence-corrected chi connectivity index (χ1v) is 5.83. The molecule has 0 bridgehead atoms. The minimum absolute atomic E-state index is 0.598. The molecule has 1 heterocycles. The monoisotopic (exact) mass is 195 g/mol. The first kappa shape index (κ1) is 9.22. The molecular weight excluding hydrogens is 178 g/mol. The maximum atomic E-state index is 3.44. The van der Waals surface area contributed by atoms with Crippen molar-refractivity contribution < 1.29 is 0 Å². The van der Waals surface area contributed by atoms with Crippen LogP contribution in [0.25, 0.3) is 0 Å². The molecule has 3 atom stereocenters. The molecule has 0 saturated heterocycles. The molecule has 0 aromatic carbocycles. The lowest BCUT2D eigenvalue weighted by atomic mass is 10.0. The van der Waals surface area contributed by atoms with Crippen molar-refractivity contribution in [2.75, 3.05) is 7.05 Å². The Bertz CT molecular complexity index is 292. The van der Waals surface area contributed by atoms with Crippen LogP contribution in [0.5, 0.6) is 0 Å². The van der Waals surface area contributed by atoms with Gasteiger partial charge in [-0.3, -0.25) is 0 Å². The maximum absolute atomic E-state index is 3.44. The van der Waals surface area contributed by atoms with E-state index in [1.54, 1.807) is 0 Å². The van der Waals surface area contributed by atoms with Gasteiger partial charge in [-0.2, -0.15) is 0 Å². The topological polar surface area (TPSA) is 12.0 Å². The summed E-state index contributed by atoms with van der Waals surface area (Å²) in [7, 11) is 2.08. The fourth-order valence-electron chi connectivity index (χ4n) is 2.13. The van der Waals surface area contributed by atoms with Gasteiger partial charge in [0.2, 0.25) is 0 Å². The highest BCUT2D eigenvalue weighted by molar-refractivity contribution is 7.10. The average Bonchev–Trinajstić information content (AvgIpc) is 2.65. The van der Waals surface area contributed by atoms with Crippen LogP contribution in [0.1, 0.15) is 29.8 Å². The molecule has 1 aliphatic carbocycles. The van der Waals surface area contributed by atoms with Crippen molar-refractivity contribution in [1.29, 1.82) is 0 Å². The van der Waals surface area contributed by atoms with Crippen molar-refractivity contribution in [1.82, 2.24) is 5.32 Å². The molecule has 1 N–H and O–H groups in total. The van der Waals surface area contributed by atoms with E-state index in [-0.39, 0.29) is 0 Å². The Kier molecular flexibility index (Phi) is 2.43. The molecule has 72 valence electrons. The van der Waals surface area contributed by atoms with Gasteiger partial charge in [0, 0.05) is 10.9 Å². The summed E-state index contributed by atoms with van der Waals surface area (Å²) in [6, 6.07) is 2.87. The van der Waals surface area contributed by atoms with E-state index < -0.39 is 0 Å². The van der Waals surface area contributed by atoms with Gasteiger partial charge in [-0.05, 0) is 49.2 Å². The van der Waals surface area contributed by atoms with E-state index in [1.807, 2.05) is 11.3 Å². The van der Waals surface area contributed by atoms with Crippen LogP contribution in [-0.2, 0) is 0 Å². The third-order valence-corrected chi connectivity index (χ3v) is 4.01. The zero-order chi connectivity index (χ0) is 9.42. The Morgan fingerprint density at radius 1 is 1.62 bits per heavy atom. The first-order valence-electron chi connectivity index (χ1n) is 4.95. The molecule has 13 heavy (non-hydrogen) atoms. The second kappa shape index (κ2) is 3.43. The molecule has 2 heteroatoms. The summed E-state index contributed by atoms with van der Waals surface area (Å²) in [6.45, 7) is 4.56. The third-order valence-electron chi connectivity index (χ3n) is 3.14. The van der Waals surface area contributed by atoms with Gasteiger partial charge in [-0.15, -0.1) is 11.3 Å². The van der Waals surface area contributed by atoms with Gasteiger partial charge in [0.15, 0.2) is 0 Å². The predicted octanol–water partition coefficient (Wildman–Crippen LogP) is 2.97. The van der Waals surface area contributed by atoms with Crippen LogP contribution in [0.2, 0.25) is 0 Å². The summed E-state index contributed by atoms with van der Waals surface area (Å²) in [5.41, 5.74) is 1.52. The highest BCUT2D eigenvalue weighted by Gasteiger charge is 2.39. The first-order chi connectivity index (χ1) is 6.24. The number of rotatable bonds is 3. The van der Waals surface area contributed by atoms with Gasteiger partial charge in [-0.1, -0.05) is 6.92 Å². The van der Waals surface area contributed by atoms with Crippen LogP contribution >= 0.6 is 11.3 Å². The zero-order valence-corrected chi connectivity index (χ0v) is 9.32. The minimum Gasteiger partial charge on any atom is -0.313 e. The Morgan fingerprint density at radius 3 is 2.69 bits per heavy atom. The van der Waals surface area contributed by atoms with Gasteiger partial charge in [0.25, 0.3) is 0 Å². The van der Waals surface area contributed by atoms with Crippen LogP contribution in [0.15, 0.2) is 11.4 Å². The van der Waals surface area contributed by atoms with Crippen molar-refractivity contribution in [2.45, 2.75) is 26.3 Å². The van der Waals surface area contributed by atoms with Crippen molar-refractivity contribution in [3.63, 3.8) is 0 Å². The summed E-state index contributed by atoms with van der Waals surface area (Å²) in [5.74, 6) is 1.79. The fourth-order valence-corrected chi connectivity index (χ4v) is 2.88. The van der Waals surface area contributed by atoms with Crippen molar-refractivity contribution in [3.05, 3.63) is 21.9 Å². The summed E-state index contributed by atoms with van der Waals surface area (Å²) in [6.07, 6.45) is 1.39. The van der Waals surface area contributed by atoms with Gasteiger partial charge in [-0.25, -0.2) is 0 Å². The number of nitrogens with one attached hydrogen (secondary N) is 1. The molecule has 2 rings (SSSR count). The number of aryl methyl sites for hydroxylation is 1. The van der Waals surface area contributed by atoms with E-state index >= 15 is 0 Å². The lowest BCUT2D eigenvalue weighted by Crippen LogP contribution is -2.19. The van der Waals surface area contributed by atoms with E-state index in [1.165, 1.54) is 16.9 Å². The maximum Gasteiger partial charge on any atom is 0.0359 e. The van der Waals surface area contributed by atoms with Crippen LogP contribution in [0.4, 0.5) is 0 Å². The number of thiophene rings is 1. The van der Waals surface area contributed by atoms with Crippen LogP contribution in [-0.4, -0.2) is 7.05 Å². The van der Waals surface area contributed by atoms with Crippen LogP contribution in [0, 0.1) is 18.8 Å². The Labute approximate surface area is 84.2 Å². The van der Waals surface area contributed by atoms with E-state index in [2.05, 4.69) is 37.7 Å². The third kappa shape index (κ3) is 1.65. The van der Waals surface area contributed by atoms with E-state index in [0.717, 1.165) is 11.8 Å². The molecule has 0 amide bonds. The molecule has 1 aromatic heterocycles. The Morgan fingerprint density at radius 2 is 2.31 bits per heavy atom. The van der Waals surface area contributed by atoms with Gasteiger partial charge >= 0.3 is 0 Å². The average molecular weight is 195 g/mol. The summed E-state index contributed by atoms with van der Waals surface area (Å²) < 4.78 is 0. The number of hydrogen-bond donors (Lipinski definition) is 1. The second-order valence-electron chi connectivity index (χ2n) is 4.08. The van der Waals surface area contributed by atoms with E-state index in [4.69, 9.17) is 0 Å². The molecule has 0 aliphatic heterocycles. The molecule has 0 radical (unpaired) electrons. The van der Waals surface area contributed by atoms with Crippen molar-refractivity contribution >= 4 is 11.3 Å². The minimum atomic E-state index is 0.598. The zero-order valence-electron chi connectivity index (χ0n) is 8.50. The van der Waals surface area contributed by atoms with E-state index in [0.29, 0.717) is 6.04 Å². The quantitative estimate of drug-likeness (QED) is 0.782. The molecule has 1 saturated carbocycles. The molecule has 1 aliphatic rings. The van der Waals surface area contributed by atoms with E-state index in [9.17, 15) is 0 Å². The van der Waals surface area contributed by atoms with Crippen molar-refractivity contribution in [3.8, 4) is 0 Å². The Balaban J connectivity index is 2.17. The highest BCUT2D eigenvalue weighted by Crippen LogP contribution is 2.47. The molecule has 1 aromatic rings. The van der Waals surface area contributed by atoms with Gasteiger partial charge in [0.1, 0.15) is 0 Å². The fraction of sp³-hybridized carbons (Fsp3) is 0.636. The summed E-state index contributed by atoms with van der Waals surface area (Å²) in [5, 5.41) is 5.64. The highest BCUT2D eigenvalue weighted by atomic mass is 32.1. The Hall–Kier alpha value is -0.340. The van der Waals surface area contributed by atoms with Crippen LogP contribution < -0.4 is 5.32 Å². The molecular formula is C11H17NS. The molecule has 1 fully saturated rings. The normalized spacial score (nSPS) is 28.8. The largest absolute Gasteiger partial charge is 0.313 e. The molecule has 3 unspecified atom stereocenters. The standard InChI is InChI=1S/C11H17NS/c1-7-6-10(7)11(12-3)9-4-5-13-8(9)2/h4-5,7,10-12H,6H2,1-3H3. The SMILES string of the molecule is CNC(c1ccsc1C)C1CC1C.